The zero-order valence-corrected chi connectivity index (χ0v) is 22.0. The van der Waals surface area contributed by atoms with Gasteiger partial charge in [0.1, 0.15) is 18.0 Å². The number of ether oxygens (including phenoxy) is 2. The quantitative estimate of drug-likeness (QED) is 0.309. The molecular weight excluding hydrogens is 508 g/mol. The van der Waals surface area contributed by atoms with Crippen LogP contribution in [0.4, 0.5) is 0 Å². The number of ketones is 1. The number of aliphatic hydroxyl groups excluding tert-OH is 3. The molecule has 0 bridgehead atoms. The van der Waals surface area contributed by atoms with E-state index >= 15 is 0 Å². The molecule has 0 saturated carbocycles. The number of nitrogens with one attached hydrogen (secondary N) is 1. The highest BCUT2D eigenvalue weighted by Gasteiger charge is 2.51. The van der Waals surface area contributed by atoms with E-state index in [1.165, 1.54) is 31.5 Å². The van der Waals surface area contributed by atoms with Crippen LogP contribution in [0.3, 0.4) is 0 Å². The van der Waals surface area contributed by atoms with Gasteiger partial charge >= 0.3 is 0 Å². The molecule has 4 rings (SSSR count). The molecule has 0 unspecified atom stereocenters. The van der Waals surface area contributed by atoms with Gasteiger partial charge in [-0.15, -0.1) is 0 Å². The van der Waals surface area contributed by atoms with Crippen molar-refractivity contribution in [3.05, 3.63) is 59.1 Å². The molecule has 4 atom stereocenters. The first kappa shape index (κ1) is 28.3. The van der Waals surface area contributed by atoms with E-state index in [-0.39, 0.29) is 56.4 Å². The second-order valence-electron chi connectivity index (χ2n) is 9.73. The molecule has 1 aliphatic heterocycles. The Hall–Kier alpha value is -3.67. The lowest BCUT2D eigenvalue weighted by Gasteiger charge is -2.40. The SMILES string of the molecule is COc1cc(CO)cc2c1O[C@@H]1[C@@H](O)[C@H](N(Cc3ccoc3)C(=O)CCCC(C)=O)C=C(C(=O)NCCO)[C@H]21. The zero-order valence-electron chi connectivity index (χ0n) is 22.0. The fourth-order valence-corrected chi connectivity index (χ4v) is 5.19. The van der Waals surface area contributed by atoms with Crippen molar-refractivity contribution < 1.29 is 43.6 Å². The van der Waals surface area contributed by atoms with E-state index in [4.69, 9.17) is 13.9 Å². The smallest absolute Gasteiger partial charge is 0.247 e. The van der Waals surface area contributed by atoms with Crippen molar-refractivity contribution in [3.63, 3.8) is 0 Å². The number of hydrogen-bond donors (Lipinski definition) is 4. The normalized spacial score (nSPS) is 21.3. The summed E-state index contributed by atoms with van der Waals surface area (Å²) in [7, 11) is 1.46. The molecule has 39 heavy (non-hydrogen) atoms. The van der Waals surface area contributed by atoms with Gasteiger partial charge in [0.25, 0.3) is 0 Å². The van der Waals surface area contributed by atoms with Gasteiger partial charge in [-0.25, -0.2) is 0 Å². The molecule has 1 aromatic carbocycles. The lowest BCUT2D eigenvalue weighted by Crippen LogP contribution is -2.55. The Kier molecular flexibility index (Phi) is 9.05. The third-order valence-electron chi connectivity index (χ3n) is 7.03. The van der Waals surface area contributed by atoms with Gasteiger partial charge in [-0.2, -0.15) is 0 Å². The van der Waals surface area contributed by atoms with Gasteiger partial charge < -0.3 is 44.2 Å². The predicted octanol–water partition coefficient (Wildman–Crippen LogP) is 1.19. The number of carbonyl (C=O) groups excluding carboxylic acids is 3. The number of furan rings is 1. The van der Waals surface area contributed by atoms with Crippen LogP contribution in [0.15, 0.2) is 46.8 Å². The van der Waals surface area contributed by atoms with E-state index in [1.54, 1.807) is 24.3 Å². The van der Waals surface area contributed by atoms with Crippen LogP contribution >= 0.6 is 0 Å². The summed E-state index contributed by atoms with van der Waals surface area (Å²) in [6.45, 7) is 1.04. The van der Waals surface area contributed by atoms with E-state index in [9.17, 15) is 29.7 Å². The van der Waals surface area contributed by atoms with Crippen LogP contribution in [0.5, 0.6) is 11.5 Å². The highest BCUT2D eigenvalue weighted by molar-refractivity contribution is 5.96. The van der Waals surface area contributed by atoms with Crippen molar-refractivity contribution >= 4 is 17.6 Å². The van der Waals surface area contributed by atoms with Crippen molar-refractivity contribution in [1.82, 2.24) is 10.2 Å². The fraction of sp³-hybridized carbons (Fsp3) is 0.464. The summed E-state index contributed by atoms with van der Waals surface area (Å²) in [6.07, 6.45) is 3.04. The van der Waals surface area contributed by atoms with Crippen LogP contribution in [0.2, 0.25) is 0 Å². The molecule has 11 nitrogen and oxygen atoms in total. The standard InChI is InChI=1S/C28H34N2O9/c1-16(33)4-3-5-23(34)30(13-17-6-9-38-15-17)21-12-20(28(36)29-7-8-31)24-19-10-18(14-32)11-22(37-2)26(19)39-27(24)25(21)35/h6,9-12,15,21,24-25,27,31-32,35H,3-5,7-8,13-14H2,1-2H3,(H,29,36)/t21-,24+,25+,27+/m1/s1. The topological polar surface area (TPSA) is 159 Å². The van der Waals surface area contributed by atoms with Crippen LogP contribution in [-0.4, -0.2) is 76.3 Å². The Morgan fingerprint density at radius 3 is 2.59 bits per heavy atom. The average Bonchev–Trinajstić information content (AvgIpc) is 3.58. The maximum Gasteiger partial charge on any atom is 0.247 e. The summed E-state index contributed by atoms with van der Waals surface area (Å²) in [5.41, 5.74) is 2.06. The van der Waals surface area contributed by atoms with Crippen molar-refractivity contribution in [2.75, 3.05) is 20.3 Å². The molecule has 2 aromatic rings. The second-order valence-corrected chi connectivity index (χ2v) is 9.73. The Balaban J connectivity index is 1.77. The summed E-state index contributed by atoms with van der Waals surface area (Å²) in [5, 5.41) is 33.4. The minimum atomic E-state index is -1.23. The van der Waals surface area contributed by atoms with E-state index in [2.05, 4.69) is 5.32 Å². The van der Waals surface area contributed by atoms with Crippen molar-refractivity contribution in [3.8, 4) is 11.5 Å². The number of Topliss-reactive ketones (excluding diaryl/α,β-unsaturated/α-hetero) is 1. The van der Waals surface area contributed by atoms with Gasteiger partial charge in [-0.1, -0.05) is 0 Å². The first-order valence-electron chi connectivity index (χ1n) is 12.9. The molecule has 2 aliphatic rings. The molecule has 1 aromatic heterocycles. The first-order valence-corrected chi connectivity index (χ1v) is 12.9. The van der Waals surface area contributed by atoms with Gasteiger partial charge in [0.15, 0.2) is 11.5 Å². The average molecular weight is 543 g/mol. The number of hydrogen-bond acceptors (Lipinski definition) is 9. The third kappa shape index (κ3) is 6.00. The van der Waals surface area contributed by atoms with E-state index in [1.807, 2.05) is 0 Å². The number of carbonyl (C=O) groups is 3. The zero-order chi connectivity index (χ0) is 28.1. The van der Waals surface area contributed by atoms with Gasteiger partial charge in [0.2, 0.25) is 11.8 Å². The monoisotopic (exact) mass is 542 g/mol. The fourth-order valence-electron chi connectivity index (χ4n) is 5.19. The molecule has 11 heteroatoms. The predicted molar refractivity (Wildman–Crippen MR) is 138 cm³/mol. The number of methoxy groups -OCH3 is 1. The van der Waals surface area contributed by atoms with Crippen molar-refractivity contribution in [1.29, 1.82) is 0 Å². The molecule has 0 saturated heterocycles. The number of rotatable bonds is 12. The maximum absolute atomic E-state index is 13.5. The minimum Gasteiger partial charge on any atom is -0.493 e. The summed E-state index contributed by atoms with van der Waals surface area (Å²) in [4.78, 5) is 39.7. The number of amides is 2. The van der Waals surface area contributed by atoms with E-state index in [0.717, 1.165) is 0 Å². The molecule has 4 N–H and O–H groups in total. The van der Waals surface area contributed by atoms with Gasteiger partial charge in [-0.3, -0.25) is 9.59 Å². The lowest BCUT2D eigenvalue weighted by atomic mass is 9.77. The lowest BCUT2D eigenvalue weighted by molar-refractivity contribution is -0.138. The summed E-state index contributed by atoms with van der Waals surface area (Å²) in [5.74, 6) is -0.829. The summed E-state index contributed by atoms with van der Waals surface area (Å²) in [6, 6.07) is 4.09. The minimum absolute atomic E-state index is 0.0111. The Morgan fingerprint density at radius 1 is 1.15 bits per heavy atom. The number of nitrogens with zero attached hydrogens (tertiary/aromatic N) is 1. The second kappa shape index (κ2) is 12.5. The molecule has 210 valence electrons. The van der Waals surface area contributed by atoms with E-state index < -0.39 is 30.1 Å². The van der Waals surface area contributed by atoms with Crippen molar-refractivity contribution in [2.45, 2.75) is 63.5 Å². The Labute approximate surface area is 226 Å². The number of fused-ring (bicyclic) bond motifs is 3. The van der Waals surface area contributed by atoms with Crippen LogP contribution < -0.4 is 14.8 Å². The van der Waals surface area contributed by atoms with Gasteiger partial charge in [0, 0.05) is 42.6 Å². The first-order chi connectivity index (χ1) is 18.8. The van der Waals surface area contributed by atoms with Crippen LogP contribution in [0, 0.1) is 0 Å². The highest BCUT2D eigenvalue weighted by Crippen LogP contribution is 2.51. The summed E-state index contributed by atoms with van der Waals surface area (Å²) < 4.78 is 16.9. The third-order valence-corrected chi connectivity index (χ3v) is 7.03. The molecule has 2 amide bonds. The largest absolute Gasteiger partial charge is 0.493 e. The van der Waals surface area contributed by atoms with Crippen LogP contribution in [0.25, 0.3) is 0 Å². The molecule has 0 radical (unpaired) electrons. The Bertz CT molecular complexity index is 1220. The van der Waals surface area contributed by atoms with Crippen molar-refractivity contribution in [2.24, 2.45) is 0 Å². The molecule has 0 fully saturated rings. The maximum atomic E-state index is 13.5. The van der Waals surface area contributed by atoms with Crippen LogP contribution in [-0.2, 0) is 27.5 Å². The molecule has 0 spiro atoms. The van der Waals surface area contributed by atoms with Crippen LogP contribution in [0.1, 0.15) is 48.8 Å². The Morgan fingerprint density at radius 2 is 1.95 bits per heavy atom. The van der Waals surface area contributed by atoms with E-state index in [0.29, 0.717) is 34.6 Å². The van der Waals surface area contributed by atoms with Gasteiger partial charge in [-0.05, 0) is 43.2 Å². The molecular formula is C28H34N2O9. The number of benzene rings is 1. The number of aliphatic hydroxyl groups is 3. The van der Waals surface area contributed by atoms with Gasteiger partial charge in [0.05, 0.1) is 44.8 Å². The molecule has 2 heterocycles. The summed E-state index contributed by atoms with van der Waals surface area (Å²) >= 11 is 0. The highest BCUT2D eigenvalue weighted by atomic mass is 16.5. The molecule has 1 aliphatic carbocycles.